The fourth-order valence-corrected chi connectivity index (χ4v) is 3.73. The molecule has 1 aliphatic rings. The quantitative estimate of drug-likeness (QED) is 0.375. The van der Waals surface area contributed by atoms with Crippen LogP contribution < -0.4 is 5.01 Å². The van der Waals surface area contributed by atoms with E-state index in [9.17, 15) is 8.78 Å². The number of aromatic nitrogens is 1. The maximum atomic E-state index is 12.7. The first-order valence-electron chi connectivity index (χ1n) is 8.83. The van der Waals surface area contributed by atoms with Crippen molar-refractivity contribution in [1.82, 2.24) is 9.40 Å². The van der Waals surface area contributed by atoms with Gasteiger partial charge in [0.05, 0.1) is 33.7 Å². The minimum absolute atomic E-state index is 0.0458. The molecule has 10 heteroatoms. The van der Waals surface area contributed by atoms with Crippen LogP contribution in [-0.4, -0.2) is 40.0 Å². The van der Waals surface area contributed by atoms with Gasteiger partial charge in [0.2, 0.25) is 0 Å². The Balaban J connectivity index is 1.78. The highest BCUT2D eigenvalue weighted by Gasteiger charge is 2.22. The fraction of sp³-hybridized carbons (Fsp3) is 0.316. The lowest BCUT2D eigenvalue weighted by Gasteiger charge is -2.34. The monoisotopic (exact) mass is 457 g/mol. The molecule has 29 heavy (non-hydrogen) atoms. The molecule has 0 amide bonds. The Morgan fingerprint density at radius 3 is 2.48 bits per heavy atom. The highest BCUT2D eigenvalue weighted by atomic mass is 35.5. The highest BCUT2D eigenvalue weighted by Crippen LogP contribution is 2.30. The largest absolute Gasteiger partial charge is 0.290 e. The number of halogens is 4. The van der Waals surface area contributed by atoms with E-state index in [0.29, 0.717) is 27.9 Å². The van der Waals surface area contributed by atoms with Gasteiger partial charge in [0.25, 0.3) is 6.43 Å². The van der Waals surface area contributed by atoms with Gasteiger partial charge in [-0.3, -0.25) is 9.99 Å². The summed E-state index contributed by atoms with van der Waals surface area (Å²) in [6, 6.07) is 9.16. The van der Waals surface area contributed by atoms with E-state index in [4.69, 9.17) is 23.2 Å². The van der Waals surface area contributed by atoms with Gasteiger partial charge < -0.3 is 0 Å². The van der Waals surface area contributed by atoms with E-state index in [1.807, 2.05) is 30.5 Å². The molecule has 0 spiro atoms. The van der Waals surface area contributed by atoms with Gasteiger partial charge in [0.15, 0.2) is 0 Å². The Morgan fingerprint density at radius 1 is 1.14 bits per heavy atom. The normalized spacial score (nSPS) is 13.8. The van der Waals surface area contributed by atoms with E-state index in [1.165, 1.54) is 0 Å². The third-order valence-electron chi connectivity index (χ3n) is 4.32. The van der Waals surface area contributed by atoms with Crippen LogP contribution in [0.5, 0.6) is 0 Å². The average Bonchev–Trinajstić information content (AvgIpc) is 3.21. The molecule has 0 unspecified atom stereocenters. The lowest BCUT2D eigenvalue weighted by molar-refractivity contribution is 0.224. The van der Waals surface area contributed by atoms with E-state index < -0.39 is 6.43 Å². The first-order valence-corrected chi connectivity index (χ1v) is 10.8. The Labute approximate surface area is 182 Å². The molecule has 1 aromatic heterocycles. The second kappa shape index (κ2) is 9.84. The summed E-state index contributed by atoms with van der Waals surface area (Å²) in [4.78, 5) is 4.49. The van der Waals surface area contributed by atoms with Gasteiger partial charge in [-0.1, -0.05) is 35.1 Å². The van der Waals surface area contributed by atoms with Crippen molar-refractivity contribution in [2.75, 3.05) is 17.8 Å². The van der Waals surface area contributed by atoms with E-state index in [0.717, 1.165) is 17.9 Å². The molecule has 0 bridgehead atoms. The van der Waals surface area contributed by atoms with E-state index in [-0.39, 0.29) is 12.1 Å². The van der Waals surface area contributed by atoms with Gasteiger partial charge in [-0.15, -0.1) is 0 Å². The van der Waals surface area contributed by atoms with Crippen molar-refractivity contribution >= 4 is 52.3 Å². The summed E-state index contributed by atoms with van der Waals surface area (Å²) in [6.45, 7) is 3.32. The molecule has 1 aromatic carbocycles. The number of rotatable bonds is 8. The van der Waals surface area contributed by atoms with Gasteiger partial charge >= 0.3 is 0 Å². The van der Waals surface area contributed by atoms with E-state index in [1.54, 1.807) is 24.2 Å². The summed E-state index contributed by atoms with van der Waals surface area (Å²) >= 11 is 13.8. The van der Waals surface area contributed by atoms with Crippen molar-refractivity contribution in [3.05, 3.63) is 57.8 Å². The second-order valence-corrected chi connectivity index (χ2v) is 7.76. The number of benzene rings is 1. The Kier molecular flexibility index (Phi) is 7.45. The highest BCUT2D eigenvalue weighted by molar-refractivity contribution is 7.96. The molecule has 2 heterocycles. The molecule has 154 valence electrons. The van der Waals surface area contributed by atoms with Crippen molar-refractivity contribution in [2.24, 2.45) is 10.2 Å². The van der Waals surface area contributed by atoms with Gasteiger partial charge in [-0.25, -0.2) is 8.78 Å². The third kappa shape index (κ3) is 5.25. The lowest BCUT2D eigenvalue weighted by Crippen LogP contribution is -2.37. The lowest BCUT2D eigenvalue weighted by atomic mass is 10.1. The maximum Gasteiger partial charge on any atom is 0.278 e. The van der Waals surface area contributed by atoms with Crippen LogP contribution in [0.2, 0.25) is 10.0 Å². The summed E-state index contributed by atoms with van der Waals surface area (Å²) in [5.74, 6) is 0. The molecule has 0 aliphatic carbocycles. The van der Waals surface area contributed by atoms with Crippen molar-refractivity contribution in [3.63, 3.8) is 0 Å². The minimum atomic E-state index is -2.59. The number of hydrogen-bond acceptors (Lipinski definition) is 6. The molecular formula is C19H19Cl2F2N5S. The smallest absolute Gasteiger partial charge is 0.278 e. The molecule has 1 aliphatic heterocycles. The van der Waals surface area contributed by atoms with Gasteiger partial charge in [-0.05, 0) is 43.5 Å². The van der Waals surface area contributed by atoms with Crippen LogP contribution in [0.1, 0.15) is 24.6 Å². The zero-order chi connectivity index (χ0) is 21.0. The van der Waals surface area contributed by atoms with Crippen LogP contribution >= 0.6 is 35.1 Å². The van der Waals surface area contributed by atoms with Crippen LogP contribution in [0.25, 0.3) is 0 Å². The molecule has 3 rings (SSSR count). The number of nitrogens with zero attached hydrogens (tertiary/aromatic N) is 5. The Morgan fingerprint density at radius 2 is 1.93 bits per heavy atom. The number of hydrazine groups is 1. The molecule has 0 saturated carbocycles. The first kappa shape index (κ1) is 22.0. The minimum Gasteiger partial charge on any atom is -0.290 e. The van der Waals surface area contributed by atoms with E-state index >= 15 is 0 Å². The molecular weight excluding hydrogens is 439 g/mol. The van der Waals surface area contributed by atoms with Crippen LogP contribution in [0.15, 0.2) is 46.7 Å². The average molecular weight is 458 g/mol. The predicted octanol–water partition coefficient (Wildman–Crippen LogP) is 5.72. The SMILES string of the molecule is CCN(SC)N(Cc1ccc(C2=NN=C(C(F)F)C2)cn1)c1ccc(Cl)c(Cl)c1. The number of hydrogen-bond donors (Lipinski definition) is 0. The van der Waals surface area contributed by atoms with Crippen LogP contribution in [0.3, 0.4) is 0 Å². The number of anilines is 1. The summed E-state index contributed by atoms with van der Waals surface area (Å²) < 4.78 is 27.6. The molecule has 0 atom stereocenters. The maximum absolute atomic E-state index is 12.7. The summed E-state index contributed by atoms with van der Waals surface area (Å²) in [5, 5.41) is 10.4. The molecule has 0 N–H and O–H groups in total. The Hall–Kier alpha value is -1.74. The van der Waals surface area contributed by atoms with Gasteiger partial charge in [-0.2, -0.15) is 14.6 Å². The zero-order valence-electron chi connectivity index (χ0n) is 15.8. The molecule has 0 saturated heterocycles. The van der Waals surface area contributed by atoms with Crippen LogP contribution in [-0.2, 0) is 6.54 Å². The van der Waals surface area contributed by atoms with E-state index in [2.05, 4.69) is 31.5 Å². The standard InChI is InChI=1S/C19H19Cl2F2N5S/c1-3-28(29-2)27(14-6-7-15(20)16(21)8-14)11-13-5-4-12(10-24-13)17-9-18(19(22)23)26-25-17/h4-8,10,19H,3,9,11H2,1-2H3. The topological polar surface area (TPSA) is 44.1 Å². The molecule has 0 radical (unpaired) electrons. The first-order chi connectivity index (χ1) is 13.9. The Bertz CT molecular complexity index is 917. The number of pyridine rings is 1. The fourth-order valence-electron chi connectivity index (χ4n) is 2.83. The van der Waals surface area contributed by atoms with Crippen molar-refractivity contribution in [1.29, 1.82) is 0 Å². The molecule has 2 aromatic rings. The predicted molar refractivity (Wildman–Crippen MR) is 117 cm³/mol. The zero-order valence-corrected chi connectivity index (χ0v) is 18.1. The summed E-state index contributed by atoms with van der Waals surface area (Å²) in [5.41, 5.74) is 2.66. The summed E-state index contributed by atoms with van der Waals surface area (Å²) in [7, 11) is 0. The summed E-state index contributed by atoms with van der Waals surface area (Å²) in [6.07, 6.45) is 1.09. The molecule has 5 nitrogen and oxygen atoms in total. The van der Waals surface area contributed by atoms with Gasteiger partial charge in [0.1, 0.15) is 5.71 Å². The van der Waals surface area contributed by atoms with Crippen LogP contribution in [0, 0.1) is 0 Å². The molecule has 0 fully saturated rings. The third-order valence-corrected chi connectivity index (χ3v) is 5.94. The van der Waals surface area contributed by atoms with Crippen molar-refractivity contribution in [2.45, 2.75) is 26.3 Å². The van der Waals surface area contributed by atoms with Crippen LogP contribution in [0.4, 0.5) is 14.5 Å². The number of alkyl halides is 2. The van der Waals surface area contributed by atoms with Gasteiger partial charge in [0, 0.05) is 24.7 Å². The van der Waals surface area contributed by atoms with Crippen molar-refractivity contribution < 1.29 is 8.78 Å². The van der Waals surface area contributed by atoms with Crippen molar-refractivity contribution in [3.8, 4) is 0 Å². The second-order valence-electron chi connectivity index (χ2n) is 6.16.